The van der Waals surface area contributed by atoms with Gasteiger partial charge >= 0.3 is 6.18 Å². The maximum atomic E-state index is 12.6. The third-order valence-electron chi connectivity index (χ3n) is 3.30. The van der Waals surface area contributed by atoms with Crippen LogP contribution in [-0.2, 0) is 6.18 Å². The van der Waals surface area contributed by atoms with E-state index in [9.17, 15) is 13.2 Å². The molecule has 1 aliphatic carbocycles. The van der Waals surface area contributed by atoms with Gasteiger partial charge in [0, 0.05) is 18.8 Å². The SMILES string of the molecule is OCCN(c1nccc(C(F)(F)F)n1)C1CCCC1. The van der Waals surface area contributed by atoms with Gasteiger partial charge in [-0.15, -0.1) is 0 Å². The van der Waals surface area contributed by atoms with E-state index in [4.69, 9.17) is 5.11 Å². The number of nitrogens with zero attached hydrogens (tertiary/aromatic N) is 3. The first-order chi connectivity index (χ1) is 9.02. The van der Waals surface area contributed by atoms with Gasteiger partial charge in [0.1, 0.15) is 5.69 Å². The lowest BCUT2D eigenvalue weighted by atomic mass is 10.2. The molecule has 1 aromatic heterocycles. The largest absolute Gasteiger partial charge is 0.433 e. The summed E-state index contributed by atoms with van der Waals surface area (Å²) in [6.07, 6.45) is 0.541. The van der Waals surface area contributed by atoms with Gasteiger partial charge in [0.15, 0.2) is 0 Å². The Morgan fingerprint density at radius 1 is 1.32 bits per heavy atom. The summed E-state index contributed by atoms with van der Waals surface area (Å²) in [5.41, 5.74) is -0.946. The van der Waals surface area contributed by atoms with Crippen molar-refractivity contribution in [1.82, 2.24) is 9.97 Å². The van der Waals surface area contributed by atoms with Crippen LogP contribution in [-0.4, -0.2) is 34.3 Å². The van der Waals surface area contributed by atoms with Gasteiger partial charge in [-0.05, 0) is 18.9 Å². The fraction of sp³-hybridized carbons (Fsp3) is 0.667. The van der Waals surface area contributed by atoms with Gasteiger partial charge < -0.3 is 10.0 Å². The Morgan fingerprint density at radius 3 is 2.58 bits per heavy atom. The van der Waals surface area contributed by atoms with E-state index in [0.29, 0.717) is 0 Å². The van der Waals surface area contributed by atoms with E-state index in [2.05, 4.69) is 9.97 Å². The molecule has 1 fully saturated rings. The minimum atomic E-state index is -4.47. The summed E-state index contributed by atoms with van der Waals surface area (Å²) in [6.45, 7) is 0.127. The van der Waals surface area contributed by atoms with Gasteiger partial charge in [-0.1, -0.05) is 12.8 Å². The number of hydrogen-bond acceptors (Lipinski definition) is 4. The molecule has 0 saturated heterocycles. The monoisotopic (exact) mass is 275 g/mol. The fourth-order valence-electron chi connectivity index (χ4n) is 2.41. The van der Waals surface area contributed by atoms with Gasteiger partial charge in [-0.25, -0.2) is 9.97 Å². The molecule has 0 radical (unpaired) electrons. The lowest BCUT2D eigenvalue weighted by Gasteiger charge is -2.28. The first-order valence-corrected chi connectivity index (χ1v) is 6.30. The summed E-state index contributed by atoms with van der Waals surface area (Å²) in [4.78, 5) is 9.19. The van der Waals surface area contributed by atoms with Crippen LogP contribution >= 0.6 is 0 Å². The lowest BCUT2D eigenvalue weighted by Crippen LogP contribution is -2.37. The van der Waals surface area contributed by atoms with Gasteiger partial charge in [0.05, 0.1) is 6.61 Å². The maximum Gasteiger partial charge on any atom is 0.433 e. The Hall–Kier alpha value is -1.37. The van der Waals surface area contributed by atoms with Crippen molar-refractivity contribution in [3.63, 3.8) is 0 Å². The molecule has 1 heterocycles. The standard InChI is InChI=1S/C12H16F3N3O/c13-12(14,15)10-5-6-16-11(17-10)18(7-8-19)9-3-1-2-4-9/h5-6,9,19H,1-4,7-8H2. The van der Waals surface area contributed by atoms with E-state index >= 15 is 0 Å². The number of alkyl halides is 3. The summed E-state index contributed by atoms with van der Waals surface area (Å²) in [7, 11) is 0. The molecule has 0 aromatic carbocycles. The highest BCUT2D eigenvalue weighted by molar-refractivity contribution is 5.33. The first-order valence-electron chi connectivity index (χ1n) is 6.30. The molecule has 7 heteroatoms. The van der Waals surface area contributed by atoms with Crippen LogP contribution in [0.2, 0.25) is 0 Å². The van der Waals surface area contributed by atoms with Crippen molar-refractivity contribution in [3.8, 4) is 0 Å². The number of rotatable bonds is 4. The maximum absolute atomic E-state index is 12.6. The highest BCUT2D eigenvalue weighted by Crippen LogP contribution is 2.30. The normalized spacial score (nSPS) is 16.8. The average Bonchev–Trinajstić information content (AvgIpc) is 2.88. The van der Waals surface area contributed by atoms with Crippen LogP contribution in [0, 0.1) is 0 Å². The predicted octanol–water partition coefficient (Wildman–Crippen LogP) is 2.24. The number of aliphatic hydroxyl groups excluding tert-OH is 1. The second-order valence-corrected chi connectivity index (χ2v) is 4.59. The number of anilines is 1. The molecular formula is C12H16F3N3O. The number of aromatic nitrogens is 2. The molecule has 0 unspecified atom stereocenters. The Balaban J connectivity index is 2.25. The topological polar surface area (TPSA) is 49.2 Å². The molecule has 0 spiro atoms. The van der Waals surface area contributed by atoms with Crippen molar-refractivity contribution in [3.05, 3.63) is 18.0 Å². The molecule has 1 N–H and O–H groups in total. The molecule has 0 aliphatic heterocycles. The van der Waals surface area contributed by atoms with Crippen LogP contribution in [0.5, 0.6) is 0 Å². The molecule has 0 amide bonds. The van der Waals surface area contributed by atoms with E-state index in [1.165, 1.54) is 0 Å². The predicted molar refractivity (Wildman–Crippen MR) is 63.7 cm³/mol. The van der Waals surface area contributed by atoms with Crippen molar-refractivity contribution >= 4 is 5.95 Å². The smallest absolute Gasteiger partial charge is 0.395 e. The molecule has 4 nitrogen and oxygen atoms in total. The van der Waals surface area contributed by atoms with E-state index in [-0.39, 0.29) is 25.1 Å². The Bertz CT molecular complexity index is 419. The van der Waals surface area contributed by atoms with Crippen LogP contribution < -0.4 is 4.90 Å². The zero-order chi connectivity index (χ0) is 13.9. The Kier molecular flexibility index (Phi) is 4.24. The van der Waals surface area contributed by atoms with Crippen LogP contribution in [0.1, 0.15) is 31.4 Å². The lowest BCUT2D eigenvalue weighted by molar-refractivity contribution is -0.141. The zero-order valence-corrected chi connectivity index (χ0v) is 10.4. The highest BCUT2D eigenvalue weighted by atomic mass is 19.4. The quantitative estimate of drug-likeness (QED) is 0.915. The molecule has 1 aliphatic rings. The molecular weight excluding hydrogens is 259 g/mol. The number of hydrogen-bond donors (Lipinski definition) is 1. The summed E-state index contributed by atoms with van der Waals surface area (Å²) in [6, 6.07) is 0.977. The Labute approximate surface area is 109 Å². The van der Waals surface area contributed by atoms with Gasteiger partial charge in [-0.3, -0.25) is 0 Å². The zero-order valence-electron chi connectivity index (χ0n) is 10.4. The van der Waals surface area contributed by atoms with Gasteiger partial charge in [-0.2, -0.15) is 13.2 Å². The van der Waals surface area contributed by atoms with Crippen molar-refractivity contribution in [2.45, 2.75) is 37.9 Å². The summed E-state index contributed by atoms with van der Waals surface area (Å²) in [5, 5.41) is 9.07. The summed E-state index contributed by atoms with van der Waals surface area (Å²) < 4.78 is 37.9. The molecule has 1 saturated carbocycles. The third-order valence-corrected chi connectivity index (χ3v) is 3.30. The van der Waals surface area contributed by atoms with Gasteiger partial charge in [0.2, 0.25) is 5.95 Å². The van der Waals surface area contributed by atoms with Crippen molar-refractivity contribution in [2.75, 3.05) is 18.1 Å². The molecule has 2 rings (SSSR count). The fourth-order valence-corrected chi connectivity index (χ4v) is 2.41. The average molecular weight is 275 g/mol. The van der Waals surface area contributed by atoms with Crippen LogP contribution in [0.4, 0.5) is 19.1 Å². The third kappa shape index (κ3) is 3.34. The molecule has 1 aromatic rings. The summed E-state index contributed by atoms with van der Waals surface area (Å²) >= 11 is 0. The Morgan fingerprint density at radius 2 is 2.00 bits per heavy atom. The van der Waals surface area contributed by atoms with Crippen molar-refractivity contribution < 1.29 is 18.3 Å². The second-order valence-electron chi connectivity index (χ2n) is 4.59. The molecule has 19 heavy (non-hydrogen) atoms. The van der Waals surface area contributed by atoms with Crippen LogP contribution in [0.25, 0.3) is 0 Å². The van der Waals surface area contributed by atoms with Gasteiger partial charge in [0.25, 0.3) is 0 Å². The van der Waals surface area contributed by atoms with E-state index in [1.807, 2.05) is 0 Å². The second kappa shape index (κ2) is 5.73. The molecule has 0 bridgehead atoms. The molecule has 0 atom stereocenters. The van der Waals surface area contributed by atoms with E-state index in [1.54, 1.807) is 4.90 Å². The van der Waals surface area contributed by atoms with Crippen LogP contribution in [0.3, 0.4) is 0 Å². The number of halogens is 3. The van der Waals surface area contributed by atoms with E-state index < -0.39 is 11.9 Å². The minimum Gasteiger partial charge on any atom is -0.395 e. The van der Waals surface area contributed by atoms with E-state index in [0.717, 1.165) is 37.9 Å². The first kappa shape index (κ1) is 14.0. The minimum absolute atomic E-state index is 0.0516. The van der Waals surface area contributed by atoms with Crippen LogP contribution in [0.15, 0.2) is 12.3 Å². The van der Waals surface area contributed by atoms with Crippen molar-refractivity contribution in [2.24, 2.45) is 0 Å². The number of aliphatic hydroxyl groups is 1. The summed E-state index contributed by atoms with van der Waals surface area (Å²) in [5.74, 6) is 0.0516. The highest BCUT2D eigenvalue weighted by Gasteiger charge is 2.34. The molecule has 106 valence electrons. The van der Waals surface area contributed by atoms with Crippen molar-refractivity contribution in [1.29, 1.82) is 0 Å².